The van der Waals surface area contributed by atoms with Gasteiger partial charge in [0, 0.05) is 19.4 Å². The molecule has 1 aliphatic heterocycles. The highest BCUT2D eigenvalue weighted by Gasteiger charge is 2.25. The van der Waals surface area contributed by atoms with E-state index in [2.05, 4.69) is 28.7 Å². The maximum Gasteiger partial charge on any atom is 0.152 e. The van der Waals surface area contributed by atoms with Gasteiger partial charge in [-0.1, -0.05) is 0 Å². The van der Waals surface area contributed by atoms with Gasteiger partial charge in [-0.2, -0.15) is 0 Å². The third-order valence-electron chi connectivity index (χ3n) is 3.11. The van der Waals surface area contributed by atoms with E-state index in [1.165, 1.54) is 0 Å². The average Bonchev–Trinajstić information content (AvgIpc) is 2.41. The van der Waals surface area contributed by atoms with Gasteiger partial charge in [0.15, 0.2) is 5.78 Å². The van der Waals surface area contributed by atoms with E-state index < -0.39 is 0 Å². The number of ketones is 1. The number of hydrogen-bond donors (Lipinski definition) is 0. The standard InChI is InChI=1S/C13H22N2O/c1-4-5-6-8-13(16)12-11-14(2)9-7-10-15(12)3/h12H,6-11H2,1-3H3. The Labute approximate surface area is 98.8 Å². The molecule has 1 unspecified atom stereocenters. The van der Waals surface area contributed by atoms with Gasteiger partial charge < -0.3 is 4.90 Å². The van der Waals surface area contributed by atoms with Gasteiger partial charge in [0.1, 0.15) is 0 Å². The zero-order valence-electron chi connectivity index (χ0n) is 10.6. The van der Waals surface area contributed by atoms with Gasteiger partial charge in [0.05, 0.1) is 6.04 Å². The summed E-state index contributed by atoms with van der Waals surface area (Å²) in [5.74, 6) is 6.12. The van der Waals surface area contributed by atoms with E-state index in [1.807, 2.05) is 14.0 Å². The van der Waals surface area contributed by atoms with Crippen molar-refractivity contribution < 1.29 is 4.79 Å². The molecule has 0 saturated carbocycles. The number of rotatable bonds is 3. The fraction of sp³-hybridized carbons (Fsp3) is 0.769. The Morgan fingerprint density at radius 2 is 2.12 bits per heavy atom. The number of carbonyl (C=O) groups excluding carboxylic acids is 1. The van der Waals surface area contributed by atoms with Crippen molar-refractivity contribution in [1.29, 1.82) is 0 Å². The Kier molecular flexibility index (Phi) is 5.51. The minimum absolute atomic E-state index is 0.0613. The lowest BCUT2D eigenvalue weighted by Crippen LogP contribution is -2.43. The third kappa shape index (κ3) is 3.96. The molecule has 0 aliphatic carbocycles. The molecule has 0 radical (unpaired) electrons. The van der Waals surface area contributed by atoms with Crippen LogP contribution in [0.1, 0.15) is 26.2 Å². The first kappa shape index (κ1) is 13.2. The lowest BCUT2D eigenvalue weighted by molar-refractivity contribution is -0.123. The van der Waals surface area contributed by atoms with Crippen molar-refractivity contribution in [2.45, 2.75) is 32.2 Å². The SMILES string of the molecule is CC#CCCC(=O)C1CN(C)CCCN1C. The van der Waals surface area contributed by atoms with Crippen molar-refractivity contribution in [1.82, 2.24) is 9.80 Å². The molecule has 0 aromatic rings. The van der Waals surface area contributed by atoms with Crippen molar-refractivity contribution in [3.63, 3.8) is 0 Å². The molecule has 0 N–H and O–H groups in total. The second-order valence-electron chi connectivity index (χ2n) is 4.51. The van der Waals surface area contributed by atoms with E-state index in [-0.39, 0.29) is 6.04 Å². The summed E-state index contributed by atoms with van der Waals surface area (Å²) < 4.78 is 0. The van der Waals surface area contributed by atoms with E-state index >= 15 is 0 Å². The van der Waals surface area contributed by atoms with Crippen LogP contribution in [-0.2, 0) is 4.79 Å². The Morgan fingerprint density at radius 3 is 2.81 bits per heavy atom. The van der Waals surface area contributed by atoms with Crippen LogP contribution in [0.15, 0.2) is 0 Å². The van der Waals surface area contributed by atoms with Gasteiger partial charge in [0.2, 0.25) is 0 Å². The highest BCUT2D eigenvalue weighted by atomic mass is 16.1. The van der Waals surface area contributed by atoms with Crippen molar-refractivity contribution >= 4 is 5.78 Å². The lowest BCUT2D eigenvalue weighted by atomic mass is 10.1. The van der Waals surface area contributed by atoms with Gasteiger partial charge in [-0.3, -0.25) is 9.69 Å². The Balaban J connectivity index is 2.52. The summed E-state index contributed by atoms with van der Waals surface area (Å²) in [6.45, 7) is 4.77. The van der Waals surface area contributed by atoms with Crippen molar-refractivity contribution in [2.24, 2.45) is 0 Å². The third-order valence-corrected chi connectivity index (χ3v) is 3.11. The molecule has 1 saturated heterocycles. The molecule has 3 nitrogen and oxygen atoms in total. The molecule has 1 atom stereocenters. The molecule has 0 bridgehead atoms. The van der Waals surface area contributed by atoms with Gasteiger partial charge in [-0.25, -0.2) is 0 Å². The van der Waals surface area contributed by atoms with Crippen LogP contribution >= 0.6 is 0 Å². The van der Waals surface area contributed by atoms with Crippen LogP contribution in [-0.4, -0.2) is 55.4 Å². The molecule has 16 heavy (non-hydrogen) atoms. The predicted molar refractivity (Wildman–Crippen MR) is 66.2 cm³/mol. The van der Waals surface area contributed by atoms with Gasteiger partial charge in [0.25, 0.3) is 0 Å². The van der Waals surface area contributed by atoms with Gasteiger partial charge in [-0.15, -0.1) is 11.8 Å². The first-order valence-corrected chi connectivity index (χ1v) is 5.96. The first-order chi connectivity index (χ1) is 7.65. The molecule has 0 aromatic carbocycles. The molecule has 3 heteroatoms. The van der Waals surface area contributed by atoms with Crippen LogP contribution in [0.4, 0.5) is 0 Å². The summed E-state index contributed by atoms with van der Waals surface area (Å²) in [7, 11) is 4.14. The van der Waals surface area contributed by atoms with Crippen LogP contribution < -0.4 is 0 Å². The summed E-state index contributed by atoms with van der Waals surface area (Å²) >= 11 is 0. The number of Topliss-reactive ketones (excluding diaryl/α,β-unsaturated/α-hetero) is 1. The Morgan fingerprint density at radius 1 is 1.38 bits per heavy atom. The number of likely N-dealkylation sites (N-methyl/N-ethyl adjacent to an activating group) is 2. The van der Waals surface area contributed by atoms with E-state index in [9.17, 15) is 4.79 Å². The molecule has 0 aromatic heterocycles. The predicted octanol–water partition coefficient (Wildman–Crippen LogP) is 0.995. The molecule has 1 heterocycles. The van der Waals surface area contributed by atoms with Crippen molar-refractivity contribution in [3.8, 4) is 11.8 Å². The molecule has 1 rings (SSSR count). The maximum atomic E-state index is 12.0. The molecule has 0 amide bonds. The largest absolute Gasteiger partial charge is 0.304 e. The first-order valence-electron chi connectivity index (χ1n) is 5.96. The summed E-state index contributed by atoms with van der Waals surface area (Å²) in [5.41, 5.74) is 0. The van der Waals surface area contributed by atoms with Crippen LogP contribution in [0.5, 0.6) is 0 Å². The topological polar surface area (TPSA) is 23.6 Å². The van der Waals surface area contributed by atoms with Gasteiger partial charge >= 0.3 is 0 Å². The molecule has 1 fully saturated rings. The average molecular weight is 222 g/mol. The van der Waals surface area contributed by atoms with Crippen LogP contribution in [0.3, 0.4) is 0 Å². The van der Waals surface area contributed by atoms with E-state index in [1.54, 1.807) is 0 Å². The quantitative estimate of drug-likeness (QED) is 0.665. The van der Waals surface area contributed by atoms with Gasteiger partial charge in [-0.05, 0) is 40.5 Å². The molecular formula is C13H22N2O. The zero-order chi connectivity index (χ0) is 12.0. The van der Waals surface area contributed by atoms with E-state index in [4.69, 9.17) is 0 Å². The van der Waals surface area contributed by atoms with Crippen LogP contribution in [0.25, 0.3) is 0 Å². The number of hydrogen-bond acceptors (Lipinski definition) is 3. The van der Waals surface area contributed by atoms with Crippen molar-refractivity contribution in [3.05, 3.63) is 0 Å². The second kappa shape index (κ2) is 6.67. The minimum Gasteiger partial charge on any atom is -0.304 e. The monoisotopic (exact) mass is 222 g/mol. The Bertz CT molecular complexity index is 290. The normalized spacial score (nSPS) is 23.3. The molecule has 90 valence electrons. The van der Waals surface area contributed by atoms with Crippen molar-refractivity contribution in [2.75, 3.05) is 33.7 Å². The number of nitrogens with zero attached hydrogens (tertiary/aromatic N) is 2. The smallest absolute Gasteiger partial charge is 0.152 e. The second-order valence-corrected chi connectivity index (χ2v) is 4.51. The highest BCUT2D eigenvalue weighted by molar-refractivity contribution is 5.84. The molecule has 1 aliphatic rings. The van der Waals surface area contributed by atoms with E-state index in [0.29, 0.717) is 18.6 Å². The van der Waals surface area contributed by atoms with Crippen LogP contribution in [0.2, 0.25) is 0 Å². The van der Waals surface area contributed by atoms with E-state index in [0.717, 1.165) is 26.1 Å². The summed E-state index contributed by atoms with van der Waals surface area (Å²) in [6.07, 6.45) is 2.43. The fourth-order valence-electron chi connectivity index (χ4n) is 2.10. The maximum absolute atomic E-state index is 12.0. The molecule has 0 spiro atoms. The summed E-state index contributed by atoms with van der Waals surface area (Å²) in [5, 5.41) is 0. The fourth-order valence-corrected chi connectivity index (χ4v) is 2.10. The molecular weight excluding hydrogens is 200 g/mol. The Hall–Kier alpha value is -0.850. The van der Waals surface area contributed by atoms with Crippen LogP contribution in [0, 0.1) is 11.8 Å². The zero-order valence-corrected chi connectivity index (χ0v) is 10.6. The highest BCUT2D eigenvalue weighted by Crippen LogP contribution is 2.10. The summed E-state index contributed by atoms with van der Waals surface area (Å²) in [4.78, 5) is 16.5. The number of carbonyl (C=O) groups is 1. The minimum atomic E-state index is 0.0613. The summed E-state index contributed by atoms with van der Waals surface area (Å²) in [6, 6.07) is 0.0613. The lowest BCUT2D eigenvalue weighted by Gasteiger charge is -2.25.